The summed E-state index contributed by atoms with van der Waals surface area (Å²) in [5.41, 5.74) is 12.8. The molecule has 2 aromatic rings. The molecule has 7 heteroatoms. The van der Waals surface area contributed by atoms with Crippen molar-refractivity contribution in [3.8, 4) is 11.1 Å². The predicted octanol–water partition coefficient (Wildman–Crippen LogP) is 1.68. The maximum Gasteiger partial charge on any atom is 0.248 e. The van der Waals surface area contributed by atoms with Crippen LogP contribution in [0.2, 0.25) is 0 Å². The number of nitrogens with zero attached hydrogens (tertiary/aromatic N) is 1. The Morgan fingerprint density at radius 2 is 2.13 bits per heavy atom. The van der Waals surface area contributed by atoms with Gasteiger partial charge in [0.25, 0.3) is 0 Å². The van der Waals surface area contributed by atoms with E-state index in [1.54, 1.807) is 25.2 Å². The molecule has 5 N–H and O–H groups in total. The van der Waals surface area contributed by atoms with Gasteiger partial charge in [-0.05, 0) is 41.8 Å². The van der Waals surface area contributed by atoms with Gasteiger partial charge in [-0.1, -0.05) is 12.1 Å². The second-order valence-electron chi connectivity index (χ2n) is 4.90. The molecule has 120 valence electrons. The summed E-state index contributed by atoms with van der Waals surface area (Å²) in [6, 6.07) is 9.00. The molecule has 1 atom stereocenters. The molecule has 1 aromatic heterocycles. The zero-order valence-corrected chi connectivity index (χ0v) is 13.5. The van der Waals surface area contributed by atoms with Crippen molar-refractivity contribution in [2.24, 2.45) is 16.5 Å². The molecule has 0 saturated heterocycles. The first-order valence-electron chi connectivity index (χ1n) is 6.98. The van der Waals surface area contributed by atoms with Gasteiger partial charge in [0.15, 0.2) is 0 Å². The molecule has 0 fully saturated rings. The third kappa shape index (κ3) is 4.24. The van der Waals surface area contributed by atoms with E-state index >= 15 is 0 Å². The Hall–Kier alpha value is -2.51. The van der Waals surface area contributed by atoms with Crippen molar-refractivity contribution >= 4 is 29.5 Å². The van der Waals surface area contributed by atoms with E-state index in [-0.39, 0.29) is 18.4 Å². The lowest BCUT2D eigenvalue weighted by molar-refractivity contribution is -0.118. The number of primary amides is 1. The summed E-state index contributed by atoms with van der Waals surface area (Å²) in [5, 5.41) is 5.09. The highest BCUT2D eigenvalue weighted by atomic mass is 32.1. The van der Waals surface area contributed by atoms with Crippen LogP contribution in [0.1, 0.15) is 27.7 Å². The molecule has 0 spiro atoms. The molecular formula is C16H18N4O2S. The maximum atomic E-state index is 11.6. The van der Waals surface area contributed by atoms with E-state index in [9.17, 15) is 9.59 Å². The number of nitrogens with two attached hydrogens (primary N) is 2. The number of hydrogen-bond donors (Lipinski definition) is 3. The summed E-state index contributed by atoms with van der Waals surface area (Å²) in [6.45, 7) is 0. The number of amides is 2. The molecule has 0 aliphatic heterocycles. The highest BCUT2D eigenvalue weighted by molar-refractivity contribution is 7.10. The van der Waals surface area contributed by atoms with Crippen LogP contribution in [-0.2, 0) is 4.79 Å². The number of thiophene rings is 1. The molecule has 6 nitrogen and oxygen atoms in total. The van der Waals surface area contributed by atoms with E-state index in [2.05, 4.69) is 10.3 Å². The molecule has 2 rings (SSSR count). The van der Waals surface area contributed by atoms with E-state index in [0.29, 0.717) is 5.56 Å². The van der Waals surface area contributed by atoms with Gasteiger partial charge in [0.1, 0.15) is 0 Å². The zero-order chi connectivity index (χ0) is 16.8. The SMILES string of the molecule is CNC(CC(=O)N=CN)c1cc(-c2cccc(C(N)=O)c2)cs1. The van der Waals surface area contributed by atoms with Crippen LogP contribution in [0.25, 0.3) is 11.1 Å². The number of hydrogen-bond acceptors (Lipinski definition) is 4. The normalized spacial score (nSPS) is 12.4. The minimum absolute atomic E-state index is 0.135. The van der Waals surface area contributed by atoms with Crippen molar-refractivity contribution in [3.63, 3.8) is 0 Å². The van der Waals surface area contributed by atoms with Crippen LogP contribution in [0.5, 0.6) is 0 Å². The highest BCUT2D eigenvalue weighted by Gasteiger charge is 2.16. The quantitative estimate of drug-likeness (QED) is 0.552. The minimum Gasteiger partial charge on any atom is -0.390 e. The third-order valence-corrected chi connectivity index (χ3v) is 4.44. The molecule has 0 saturated carbocycles. The van der Waals surface area contributed by atoms with Gasteiger partial charge < -0.3 is 16.8 Å². The Labute approximate surface area is 138 Å². The molecule has 0 aliphatic rings. The Morgan fingerprint density at radius 3 is 2.78 bits per heavy atom. The van der Waals surface area contributed by atoms with Crippen molar-refractivity contribution < 1.29 is 9.59 Å². The second kappa shape index (κ2) is 7.66. The van der Waals surface area contributed by atoms with E-state index in [1.165, 1.54) is 11.3 Å². The van der Waals surface area contributed by atoms with Gasteiger partial charge in [0, 0.05) is 16.9 Å². The Kier molecular flexibility index (Phi) is 5.61. The second-order valence-corrected chi connectivity index (χ2v) is 5.84. The lowest BCUT2D eigenvalue weighted by atomic mass is 10.0. The van der Waals surface area contributed by atoms with Gasteiger partial charge in [-0.2, -0.15) is 0 Å². The van der Waals surface area contributed by atoms with Crippen molar-refractivity contribution in [2.45, 2.75) is 12.5 Å². The fourth-order valence-electron chi connectivity index (χ4n) is 2.19. The summed E-state index contributed by atoms with van der Waals surface area (Å²) < 4.78 is 0. The van der Waals surface area contributed by atoms with Gasteiger partial charge >= 0.3 is 0 Å². The summed E-state index contributed by atoms with van der Waals surface area (Å²) in [6.07, 6.45) is 1.23. The number of rotatable bonds is 6. The number of nitrogens with one attached hydrogen (secondary N) is 1. The van der Waals surface area contributed by atoms with Crippen LogP contribution < -0.4 is 16.8 Å². The highest BCUT2D eigenvalue weighted by Crippen LogP contribution is 2.31. The van der Waals surface area contributed by atoms with Crippen molar-refractivity contribution in [2.75, 3.05) is 7.05 Å². The van der Waals surface area contributed by atoms with Crippen LogP contribution in [0.4, 0.5) is 0 Å². The summed E-state index contributed by atoms with van der Waals surface area (Å²) >= 11 is 1.54. The largest absolute Gasteiger partial charge is 0.390 e. The van der Waals surface area contributed by atoms with Crippen LogP contribution in [0, 0.1) is 0 Å². The smallest absolute Gasteiger partial charge is 0.248 e. The number of carbonyl (C=O) groups is 2. The van der Waals surface area contributed by atoms with Gasteiger partial charge in [-0.25, -0.2) is 4.99 Å². The van der Waals surface area contributed by atoms with Crippen LogP contribution in [0.3, 0.4) is 0 Å². The summed E-state index contributed by atoms with van der Waals surface area (Å²) in [5.74, 6) is -0.738. The molecule has 0 bridgehead atoms. The molecule has 1 unspecified atom stereocenters. The van der Waals surface area contributed by atoms with Gasteiger partial charge in [0.2, 0.25) is 11.8 Å². The summed E-state index contributed by atoms with van der Waals surface area (Å²) in [4.78, 5) is 27.5. The Bertz CT molecular complexity index is 739. The number of carbonyl (C=O) groups excluding carboxylic acids is 2. The predicted molar refractivity (Wildman–Crippen MR) is 92.4 cm³/mol. The fraction of sp³-hybridized carbons (Fsp3) is 0.188. The van der Waals surface area contributed by atoms with Crippen LogP contribution in [0.15, 0.2) is 40.7 Å². The van der Waals surface area contributed by atoms with Crippen molar-refractivity contribution in [1.82, 2.24) is 5.32 Å². The average Bonchev–Trinajstić information content (AvgIpc) is 3.03. The van der Waals surface area contributed by atoms with E-state index in [0.717, 1.165) is 22.3 Å². The molecule has 0 aliphatic carbocycles. The average molecular weight is 330 g/mol. The van der Waals surface area contributed by atoms with E-state index in [1.807, 2.05) is 17.5 Å². The first-order chi connectivity index (χ1) is 11.0. The molecule has 2 amide bonds. The monoisotopic (exact) mass is 330 g/mol. The van der Waals surface area contributed by atoms with Gasteiger partial charge in [0.05, 0.1) is 12.4 Å². The van der Waals surface area contributed by atoms with Crippen LogP contribution >= 0.6 is 11.3 Å². The molecule has 1 heterocycles. The van der Waals surface area contributed by atoms with Crippen molar-refractivity contribution in [1.29, 1.82) is 0 Å². The lowest BCUT2D eigenvalue weighted by Crippen LogP contribution is -2.18. The minimum atomic E-state index is -0.458. The maximum absolute atomic E-state index is 11.6. The Morgan fingerprint density at radius 1 is 1.35 bits per heavy atom. The first-order valence-corrected chi connectivity index (χ1v) is 7.86. The molecular weight excluding hydrogens is 312 g/mol. The van der Waals surface area contributed by atoms with Crippen LogP contribution in [-0.4, -0.2) is 25.2 Å². The Balaban J connectivity index is 2.23. The number of aliphatic imine (C=N–C) groups is 1. The van der Waals surface area contributed by atoms with Gasteiger partial charge in [-0.3, -0.25) is 9.59 Å². The first kappa shape index (κ1) is 16.9. The molecule has 1 aromatic carbocycles. The van der Waals surface area contributed by atoms with E-state index < -0.39 is 5.91 Å². The number of benzene rings is 1. The van der Waals surface area contributed by atoms with E-state index in [4.69, 9.17) is 11.5 Å². The van der Waals surface area contributed by atoms with Crippen molar-refractivity contribution in [3.05, 3.63) is 46.2 Å². The lowest BCUT2D eigenvalue weighted by Gasteiger charge is -2.11. The van der Waals surface area contributed by atoms with Gasteiger partial charge in [-0.15, -0.1) is 11.3 Å². The molecule has 23 heavy (non-hydrogen) atoms. The topological polar surface area (TPSA) is 111 Å². The third-order valence-electron chi connectivity index (χ3n) is 3.39. The standard InChI is InChI=1S/C16H18N4O2S/c1-19-13(7-15(21)20-9-17)14-6-12(8-23-14)10-3-2-4-11(5-10)16(18)22/h2-6,8-9,13,19H,7H2,1H3,(H2,18,22)(H2,17,20,21). The summed E-state index contributed by atoms with van der Waals surface area (Å²) in [7, 11) is 1.79. The molecule has 0 radical (unpaired) electrons. The fourth-order valence-corrected chi connectivity index (χ4v) is 3.22. The zero-order valence-electron chi connectivity index (χ0n) is 12.7.